The molecule has 104 valence electrons. The number of nitrogens with zero attached hydrogens (tertiary/aromatic N) is 1. The molecule has 20 heavy (non-hydrogen) atoms. The van der Waals surface area contributed by atoms with E-state index < -0.39 is 0 Å². The number of fused-ring (bicyclic) bond motifs is 1. The first-order valence-corrected chi connectivity index (χ1v) is 7.06. The molecule has 2 unspecified atom stereocenters. The quantitative estimate of drug-likeness (QED) is 0.801. The van der Waals surface area contributed by atoms with E-state index >= 15 is 0 Å². The molecule has 3 nitrogen and oxygen atoms in total. The molecule has 3 rings (SSSR count). The van der Waals surface area contributed by atoms with Gasteiger partial charge in [-0.3, -0.25) is 0 Å². The Morgan fingerprint density at radius 1 is 1.25 bits per heavy atom. The van der Waals surface area contributed by atoms with Gasteiger partial charge in [0.2, 0.25) is 0 Å². The molecule has 0 aliphatic carbocycles. The molecule has 0 N–H and O–H groups in total. The lowest BCUT2D eigenvalue weighted by molar-refractivity contribution is 0.0855. The van der Waals surface area contributed by atoms with Crippen LogP contribution in [-0.4, -0.2) is 24.3 Å². The molecule has 2 aromatic carbocycles. The Balaban J connectivity index is 1.90. The van der Waals surface area contributed by atoms with Gasteiger partial charge in [-0.2, -0.15) is 0 Å². The van der Waals surface area contributed by atoms with Gasteiger partial charge in [-0.15, -0.1) is 11.6 Å². The van der Waals surface area contributed by atoms with Crippen molar-refractivity contribution in [3.63, 3.8) is 0 Å². The normalized spacial score (nSPS) is 19.6. The predicted octanol–water partition coefficient (Wildman–Crippen LogP) is 3.97. The Hall–Kier alpha value is -1.74. The van der Waals surface area contributed by atoms with Crippen LogP contribution >= 0.6 is 11.6 Å². The molecule has 0 aromatic heterocycles. The van der Waals surface area contributed by atoms with Gasteiger partial charge < -0.3 is 9.57 Å². The zero-order valence-electron chi connectivity index (χ0n) is 11.5. The number of ether oxygens (including phenoxy) is 1. The van der Waals surface area contributed by atoms with Crippen molar-refractivity contribution in [1.29, 1.82) is 0 Å². The molecular formula is C16H16ClNO2. The smallest absolute Gasteiger partial charge is 0.149 e. The fourth-order valence-electron chi connectivity index (χ4n) is 2.34. The molecule has 0 fully saturated rings. The summed E-state index contributed by atoms with van der Waals surface area (Å²) in [6.07, 6.45) is 0.727. The minimum Gasteiger partial charge on any atom is -0.497 e. The lowest BCUT2D eigenvalue weighted by Crippen LogP contribution is -2.18. The molecule has 0 bridgehead atoms. The fraction of sp³-hybridized carbons (Fsp3) is 0.312. The van der Waals surface area contributed by atoms with Crippen LogP contribution in [0.15, 0.2) is 41.6 Å². The van der Waals surface area contributed by atoms with Crippen LogP contribution in [0.5, 0.6) is 5.75 Å². The Labute approximate surface area is 123 Å². The summed E-state index contributed by atoms with van der Waals surface area (Å²) < 4.78 is 5.23. The molecule has 4 heteroatoms. The largest absolute Gasteiger partial charge is 0.497 e. The average Bonchev–Trinajstić information content (AvgIpc) is 2.96. The van der Waals surface area contributed by atoms with Crippen molar-refractivity contribution < 1.29 is 9.57 Å². The summed E-state index contributed by atoms with van der Waals surface area (Å²) in [5.74, 6) is 0.864. The van der Waals surface area contributed by atoms with E-state index in [4.69, 9.17) is 21.2 Å². The van der Waals surface area contributed by atoms with Gasteiger partial charge in [-0.25, -0.2) is 0 Å². The van der Waals surface area contributed by atoms with Gasteiger partial charge in [0.1, 0.15) is 11.9 Å². The number of halogens is 1. The summed E-state index contributed by atoms with van der Waals surface area (Å²) in [5.41, 5.74) is 2.04. The minimum absolute atomic E-state index is 0.0294. The topological polar surface area (TPSA) is 30.8 Å². The fourth-order valence-corrected chi connectivity index (χ4v) is 2.48. The van der Waals surface area contributed by atoms with Crippen molar-refractivity contribution in [2.75, 3.05) is 7.11 Å². The Morgan fingerprint density at radius 2 is 2.00 bits per heavy atom. The molecular weight excluding hydrogens is 274 g/mol. The molecule has 0 radical (unpaired) electrons. The van der Waals surface area contributed by atoms with Crippen LogP contribution in [0.1, 0.15) is 18.9 Å². The lowest BCUT2D eigenvalue weighted by Gasteiger charge is -2.09. The number of hydrogen-bond donors (Lipinski definition) is 0. The van der Waals surface area contributed by atoms with Gasteiger partial charge in [0.25, 0.3) is 0 Å². The molecule has 0 saturated carbocycles. The maximum absolute atomic E-state index is 6.05. The molecule has 0 amide bonds. The molecule has 0 spiro atoms. The second-order valence-electron chi connectivity index (χ2n) is 4.99. The summed E-state index contributed by atoms with van der Waals surface area (Å²) in [6.45, 7) is 1.93. The number of methoxy groups -OCH3 is 1. The number of benzene rings is 2. The second-order valence-corrected chi connectivity index (χ2v) is 5.68. The van der Waals surface area contributed by atoms with E-state index in [1.807, 2.05) is 19.1 Å². The van der Waals surface area contributed by atoms with Gasteiger partial charge in [0, 0.05) is 12.0 Å². The summed E-state index contributed by atoms with van der Waals surface area (Å²) in [4.78, 5) is 5.37. The third-order valence-electron chi connectivity index (χ3n) is 3.59. The van der Waals surface area contributed by atoms with Crippen LogP contribution in [-0.2, 0) is 4.84 Å². The van der Waals surface area contributed by atoms with E-state index in [1.54, 1.807) is 7.11 Å². The highest BCUT2D eigenvalue weighted by Crippen LogP contribution is 2.26. The van der Waals surface area contributed by atoms with Crippen molar-refractivity contribution in [2.45, 2.75) is 24.8 Å². The van der Waals surface area contributed by atoms with E-state index in [9.17, 15) is 0 Å². The van der Waals surface area contributed by atoms with Crippen LogP contribution in [0.4, 0.5) is 0 Å². The van der Waals surface area contributed by atoms with Crippen molar-refractivity contribution in [1.82, 2.24) is 0 Å². The SMILES string of the molecule is COc1ccc2cc(C3=NOC(C(C)Cl)C3)ccc2c1. The molecule has 2 atom stereocenters. The Morgan fingerprint density at radius 3 is 2.70 bits per heavy atom. The van der Waals surface area contributed by atoms with E-state index in [2.05, 4.69) is 29.4 Å². The van der Waals surface area contributed by atoms with Gasteiger partial charge in [0.15, 0.2) is 0 Å². The molecule has 2 aromatic rings. The van der Waals surface area contributed by atoms with E-state index in [-0.39, 0.29) is 11.5 Å². The summed E-state index contributed by atoms with van der Waals surface area (Å²) in [6, 6.07) is 12.3. The van der Waals surface area contributed by atoms with Crippen molar-refractivity contribution in [3.8, 4) is 5.75 Å². The first-order chi connectivity index (χ1) is 9.67. The van der Waals surface area contributed by atoms with Crippen LogP contribution < -0.4 is 4.74 Å². The van der Waals surface area contributed by atoms with Crippen LogP contribution in [0.25, 0.3) is 10.8 Å². The average molecular weight is 290 g/mol. The zero-order valence-corrected chi connectivity index (χ0v) is 12.2. The van der Waals surface area contributed by atoms with Crippen LogP contribution in [0.2, 0.25) is 0 Å². The third-order valence-corrected chi connectivity index (χ3v) is 3.87. The standard InChI is InChI=1S/C16H16ClNO2/c1-10(17)16-9-15(18-20-16)13-4-3-12-8-14(19-2)6-5-11(12)7-13/h3-8,10,16H,9H2,1-2H3. The first-order valence-electron chi connectivity index (χ1n) is 6.62. The lowest BCUT2D eigenvalue weighted by atomic mass is 10.00. The maximum Gasteiger partial charge on any atom is 0.149 e. The van der Waals surface area contributed by atoms with Gasteiger partial charge in [-0.05, 0) is 35.9 Å². The van der Waals surface area contributed by atoms with E-state index in [1.165, 1.54) is 0 Å². The summed E-state index contributed by atoms with van der Waals surface area (Å²) in [7, 11) is 1.67. The Kier molecular flexibility index (Phi) is 3.53. The van der Waals surface area contributed by atoms with E-state index in [0.717, 1.165) is 34.2 Å². The highest BCUT2D eigenvalue weighted by Gasteiger charge is 2.26. The predicted molar refractivity (Wildman–Crippen MR) is 81.8 cm³/mol. The molecule has 1 aliphatic heterocycles. The van der Waals surface area contributed by atoms with Gasteiger partial charge in [0.05, 0.1) is 18.2 Å². The maximum atomic E-state index is 6.05. The van der Waals surface area contributed by atoms with Gasteiger partial charge in [-0.1, -0.05) is 23.4 Å². The van der Waals surface area contributed by atoms with Crippen LogP contribution in [0, 0.1) is 0 Å². The third kappa shape index (κ3) is 2.46. The Bertz CT molecular complexity index is 667. The second kappa shape index (κ2) is 5.33. The van der Waals surface area contributed by atoms with Crippen LogP contribution in [0.3, 0.4) is 0 Å². The minimum atomic E-state index is -0.0408. The summed E-state index contributed by atoms with van der Waals surface area (Å²) in [5, 5.41) is 6.42. The summed E-state index contributed by atoms with van der Waals surface area (Å²) >= 11 is 6.05. The highest BCUT2D eigenvalue weighted by atomic mass is 35.5. The number of hydrogen-bond acceptors (Lipinski definition) is 3. The van der Waals surface area contributed by atoms with Gasteiger partial charge >= 0.3 is 0 Å². The first kappa shape index (κ1) is 13.3. The number of rotatable bonds is 3. The number of alkyl halides is 1. The van der Waals surface area contributed by atoms with Crippen molar-refractivity contribution >= 4 is 28.1 Å². The van der Waals surface area contributed by atoms with Crippen molar-refractivity contribution in [3.05, 3.63) is 42.0 Å². The van der Waals surface area contributed by atoms with Crippen molar-refractivity contribution in [2.24, 2.45) is 5.16 Å². The van der Waals surface area contributed by atoms with E-state index in [0.29, 0.717) is 0 Å². The molecule has 0 saturated heterocycles. The zero-order chi connectivity index (χ0) is 14.1. The monoisotopic (exact) mass is 289 g/mol. The highest BCUT2D eigenvalue weighted by molar-refractivity contribution is 6.21. The number of oxime groups is 1. The molecule has 1 heterocycles. The molecule has 1 aliphatic rings.